The van der Waals surface area contributed by atoms with E-state index in [0.29, 0.717) is 6.04 Å². The van der Waals surface area contributed by atoms with Gasteiger partial charge in [-0.1, -0.05) is 19.8 Å². The lowest BCUT2D eigenvalue weighted by Crippen LogP contribution is -2.46. The molecule has 1 aliphatic carbocycles. The van der Waals surface area contributed by atoms with Crippen molar-refractivity contribution in [2.45, 2.75) is 45.1 Å². The van der Waals surface area contributed by atoms with Crippen molar-refractivity contribution in [1.82, 2.24) is 4.90 Å². The Morgan fingerprint density at radius 3 is 2.57 bits per heavy atom. The second-order valence-electron chi connectivity index (χ2n) is 5.05. The molecule has 2 aliphatic rings. The molecule has 0 amide bonds. The molecule has 2 fully saturated rings. The Morgan fingerprint density at radius 2 is 2.14 bits per heavy atom. The van der Waals surface area contributed by atoms with E-state index in [9.17, 15) is 0 Å². The predicted octanol–water partition coefficient (Wildman–Crippen LogP) is 1.85. The number of hydrogen-bond acceptors (Lipinski definition) is 2. The van der Waals surface area contributed by atoms with E-state index >= 15 is 0 Å². The highest BCUT2D eigenvalue weighted by molar-refractivity contribution is 4.89. The molecule has 2 unspecified atom stereocenters. The van der Waals surface area contributed by atoms with Crippen molar-refractivity contribution in [3.8, 4) is 0 Å². The normalized spacial score (nSPS) is 31.7. The topological polar surface area (TPSA) is 29.3 Å². The Kier molecular flexibility index (Phi) is 3.45. The Hall–Kier alpha value is -0.0800. The second-order valence-corrected chi connectivity index (χ2v) is 5.05. The van der Waals surface area contributed by atoms with Crippen LogP contribution in [0.25, 0.3) is 0 Å². The third-order valence-electron chi connectivity index (χ3n) is 4.30. The molecule has 0 bridgehead atoms. The molecule has 0 spiro atoms. The lowest BCUT2D eigenvalue weighted by Gasteiger charge is -2.39. The minimum atomic E-state index is 0.709. The van der Waals surface area contributed by atoms with E-state index in [1.165, 1.54) is 45.2 Å². The SMILES string of the molecule is CCC1CCN(C(CN)C2CCC2)C1. The molecule has 1 saturated carbocycles. The van der Waals surface area contributed by atoms with Gasteiger partial charge in [0.15, 0.2) is 0 Å². The van der Waals surface area contributed by atoms with Crippen molar-refractivity contribution >= 4 is 0 Å². The summed E-state index contributed by atoms with van der Waals surface area (Å²) in [4.78, 5) is 2.66. The van der Waals surface area contributed by atoms with Crippen molar-refractivity contribution in [1.29, 1.82) is 0 Å². The predicted molar refractivity (Wildman–Crippen MR) is 60.2 cm³/mol. The van der Waals surface area contributed by atoms with Crippen molar-refractivity contribution < 1.29 is 0 Å². The van der Waals surface area contributed by atoms with Gasteiger partial charge in [0.25, 0.3) is 0 Å². The highest BCUT2D eigenvalue weighted by atomic mass is 15.2. The van der Waals surface area contributed by atoms with E-state index in [-0.39, 0.29) is 0 Å². The molecule has 1 heterocycles. The molecule has 0 aromatic rings. The number of nitrogens with two attached hydrogens (primary N) is 1. The highest BCUT2D eigenvalue weighted by Gasteiger charge is 2.34. The maximum absolute atomic E-state index is 5.91. The third kappa shape index (κ3) is 1.96. The zero-order valence-electron chi connectivity index (χ0n) is 9.41. The fraction of sp³-hybridized carbons (Fsp3) is 1.00. The molecule has 0 radical (unpaired) electrons. The minimum Gasteiger partial charge on any atom is -0.329 e. The zero-order valence-corrected chi connectivity index (χ0v) is 9.41. The lowest BCUT2D eigenvalue weighted by molar-refractivity contribution is 0.119. The van der Waals surface area contributed by atoms with E-state index in [1.54, 1.807) is 0 Å². The largest absolute Gasteiger partial charge is 0.329 e. The van der Waals surface area contributed by atoms with Crippen LogP contribution in [0.1, 0.15) is 39.0 Å². The first-order valence-electron chi connectivity index (χ1n) is 6.29. The summed E-state index contributed by atoms with van der Waals surface area (Å²) in [6, 6.07) is 0.709. The number of likely N-dealkylation sites (tertiary alicyclic amines) is 1. The Labute approximate surface area is 87.8 Å². The van der Waals surface area contributed by atoms with Crippen molar-refractivity contribution in [3.05, 3.63) is 0 Å². The molecule has 1 saturated heterocycles. The summed E-state index contributed by atoms with van der Waals surface area (Å²) in [5.41, 5.74) is 5.91. The molecule has 82 valence electrons. The molecule has 0 aromatic heterocycles. The summed E-state index contributed by atoms with van der Waals surface area (Å²) in [6.45, 7) is 5.81. The Balaban J connectivity index is 1.86. The average molecular weight is 196 g/mol. The molecular weight excluding hydrogens is 172 g/mol. The molecule has 2 nitrogen and oxygen atoms in total. The summed E-state index contributed by atoms with van der Waals surface area (Å²) in [7, 11) is 0. The number of nitrogens with zero attached hydrogens (tertiary/aromatic N) is 1. The van der Waals surface area contributed by atoms with Crippen LogP contribution in [0.4, 0.5) is 0 Å². The van der Waals surface area contributed by atoms with Crippen LogP contribution >= 0.6 is 0 Å². The second kappa shape index (κ2) is 4.63. The van der Waals surface area contributed by atoms with Crippen molar-refractivity contribution in [2.75, 3.05) is 19.6 Å². The summed E-state index contributed by atoms with van der Waals surface area (Å²) < 4.78 is 0. The monoisotopic (exact) mass is 196 g/mol. The first kappa shape index (κ1) is 10.4. The van der Waals surface area contributed by atoms with Gasteiger partial charge in [-0.25, -0.2) is 0 Å². The quantitative estimate of drug-likeness (QED) is 0.743. The minimum absolute atomic E-state index is 0.709. The standard InChI is InChI=1S/C12H24N2/c1-2-10-6-7-14(9-10)12(8-13)11-4-3-5-11/h10-12H,2-9,13H2,1H3. The lowest BCUT2D eigenvalue weighted by atomic mass is 9.79. The van der Waals surface area contributed by atoms with E-state index in [1.807, 2.05) is 0 Å². The highest BCUT2D eigenvalue weighted by Crippen LogP contribution is 2.34. The van der Waals surface area contributed by atoms with Crippen LogP contribution < -0.4 is 5.73 Å². The van der Waals surface area contributed by atoms with Crippen LogP contribution in [0, 0.1) is 11.8 Å². The van der Waals surface area contributed by atoms with E-state index < -0.39 is 0 Å². The van der Waals surface area contributed by atoms with Gasteiger partial charge in [0, 0.05) is 19.1 Å². The van der Waals surface area contributed by atoms with Gasteiger partial charge in [-0.05, 0) is 37.6 Å². The van der Waals surface area contributed by atoms with Gasteiger partial charge in [0.05, 0.1) is 0 Å². The molecule has 2 N–H and O–H groups in total. The maximum Gasteiger partial charge on any atom is 0.0246 e. The van der Waals surface area contributed by atoms with E-state index in [0.717, 1.165) is 18.4 Å². The molecule has 2 atom stereocenters. The van der Waals surface area contributed by atoms with Crippen LogP contribution in [0.3, 0.4) is 0 Å². The van der Waals surface area contributed by atoms with Crippen LogP contribution in [-0.4, -0.2) is 30.6 Å². The molecular formula is C12H24N2. The fourth-order valence-electron chi connectivity index (χ4n) is 2.96. The van der Waals surface area contributed by atoms with Gasteiger partial charge >= 0.3 is 0 Å². The van der Waals surface area contributed by atoms with Crippen LogP contribution in [0.5, 0.6) is 0 Å². The number of hydrogen-bond donors (Lipinski definition) is 1. The van der Waals surface area contributed by atoms with Gasteiger partial charge in [0.1, 0.15) is 0 Å². The first-order valence-corrected chi connectivity index (χ1v) is 6.29. The molecule has 2 rings (SSSR count). The summed E-state index contributed by atoms with van der Waals surface area (Å²) in [5.74, 6) is 1.87. The molecule has 1 aliphatic heterocycles. The first-order chi connectivity index (χ1) is 6.85. The van der Waals surface area contributed by atoms with E-state index in [4.69, 9.17) is 5.73 Å². The summed E-state index contributed by atoms with van der Waals surface area (Å²) in [6.07, 6.45) is 7.04. The van der Waals surface area contributed by atoms with Crippen LogP contribution in [0.15, 0.2) is 0 Å². The summed E-state index contributed by atoms with van der Waals surface area (Å²) in [5, 5.41) is 0. The van der Waals surface area contributed by atoms with Gasteiger partial charge in [-0.2, -0.15) is 0 Å². The number of rotatable bonds is 4. The molecule has 14 heavy (non-hydrogen) atoms. The smallest absolute Gasteiger partial charge is 0.0246 e. The van der Waals surface area contributed by atoms with Gasteiger partial charge in [-0.3, -0.25) is 4.90 Å². The Morgan fingerprint density at radius 1 is 1.36 bits per heavy atom. The fourth-order valence-corrected chi connectivity index (χ4v) is 2.96. The van der Waals surface area contributed by atoms with Crippen molar-refractivity contribution in [3.63, 3.8) is 0 Å². The molecule has 0 aromatic carbocycles. The molecule has 2 heteroatoms. The summed E-state index contributed by atoms with van der Waals surface area (Å²) >= 11 is 0. The van der Waals surface area contributed by atoms with Crippen LogP contribution in [0.2, 0.25) is 0 Å². The van der Waals surface area contributed by atoms with E-state index in [2.05, 4.69) is 11.8 Å². The Bertz CT molecular complexity index is 177. The average Bonchev–Trinajstić information content (AvgIpc) is 2.58. The van der Waals surface area contributed by atoms with Crippen LogP contribution in [-0.2, 0) is 0 Å². The third-order valence-corrected chi connectivity index (χ3v) is 4.30. The van der Waals surface area contributed by atoms with Gasteiger partial charge < -0.3 is 5.73 Å². The van der Waals surface area contributed by atoms with Gasteiger partial charge in [-0.15, -0.1) is 0 Å². The van der Waals surface area contributed by atoms with Gasteiger partial charge in [0.2, 0.25) is 0 Å². The zero-order chi connectivity index (χ0) is 9.97. The van der Waals surface area contributed by atoms with Crippen molar-refractivity contribution in [2.24, 2.45) is 17.6 Å². The maximum atomic E-state index is 5.91.